The third-order valence-corrected chi connectivity index (χ3v) is 4.38. The summed E-state index contributed by atoms with van der Waals surface area (Å²) >= 11 is 0. The first-order chi connectivity index (χ1) is 8.15. The van der Waals surface area contributed by atoms with Gasteiger partial charge in [-0.1, -0.05) is 12.8 Å². The molecule has 1 amide bonds. The zero-order chi connectivity index (χ0) is 12.3. The molecule has 1 saturated carbocycles. The van der Waals surface area contributed by atoms with Crippen LogP contribution in [0.15, 0.2) is 0 Å². The summed E-state index contributed by atoms with van der Waals surface area (Å²) in [7, 11) is 0. The maximum atomic E-state index is 11.9. The molecule has 98 valence electrons. The van der Waals surface area contributed by atoms with Crippen molar-refractivity contribution in [3.63, 3.8) is 0 Å². The molecule has 17 heavy (non-hydrogen) atoms. The molecule has 2 aliphatic rings. The molecule has 0 aromatic carbocycles. The van der Waals surface area contributed by atoms with E-state index in [9.17, 15) is 9.90 Å². The molecule has 2 atom stereocenters. The summed E-state index contributed by atoms with van der Waals surface area (Å²) in [6.07, 6.45) is 6.39. The van der Waals surface area contributed by atoms with Crippen molar-refractivity contribution in [1.82, 2.24) is 4.90 Å². The third-order valence-electron chi connectivity index (χ3n) is 4.38. The molecule has 0 bridgehead atoms. The lowest BCUT2D eigenvalue weighted by atomic mass is 9.71. The van der Waals surface area contributed by atoms with Gasteiger partial charge in [0.25, 0.3) is 0 Å². The fourth-order valence-corrected chi connectivity index (χ4v) is 3.21. The highest BCUT2D eigenvalue weighted by molar-refractivity contribution is 5.76. The number of aliphatic hydroxyl groups is 1. The van der Waals surface area contributed by atoms with Gasteiger partial charge in [0.15, 0.2) is 0 Å². The van der Waals surface area contributed by atoms with Gasteiger partial charge in [-0.2, -0.15) is 0 Å². The van der Waals surface area contributed by atoms with Gasteiger partial charge in [-0.05, 0) is 32.2 Å². The van der Waals surface area contributed by atoms with E-state index >= 15 is 0 Å². The molecule has 0 radical (unpaired) electrons. The minimum Gasteiger partial charge on any atom is -0.389 e. The third kappa shape index (κ3) is 2.80. The minimum absolute atomic E-state index is 0.211. The Labute approximate surface area is 103 Å². The first-order valence-electron chi connectivity index (χ1n) is 6.86. The molecule has 2 rings (SSSR count). The second-order valence-electron chi connectivity index (χ2n) is 5.53. The molecular weight excluding hydrogens is 216 g/mol. The van der Waals surface area contributed by atoms with Crippen molar-refractivity contribution >= 4 is 5.91 Å². The lowest BCUT2D eigenvalue weighted by Crippen LogP contribution is -2.54. The summed E-state index contributed by atoms with van der Waals surface area (Å²) in [6.45, 7) is 2.04. The summed E-state index contributed by atoms with van der Waals surface area (Å²) in [4.78, 5) is 13.9. The molecule has 0 spiro atoms. The monoisotopic (exact) mass is 240 g/mol. The standard InChI is InChI=1S/C13H24N2O2/c14-8-3-5-12(16)15-9-7-13(17)6-2-1-4-11(13)10-15/h11,17H,1-10,14H2. The van der Waals surface area contributed by atoms with Crippen LogP contribution >= 0.6 is 0 Å². The summed E-state index contributed by atoms with van der Waals surface area (Å²) in [5, 5.41) is 10.5. The molecule has 1 aliphatic heterocycles. The summed E-state index contributed by atoms with van der Waals surface area (Å²) in [5.74, 6) is 0.509. The first-order valence-corrected chi connectivity index (χ1v) is 6.86. The van der Waals surface area contributed by atoms with Gasteiger partial charge in [-0.15, -0.1) is 0 Å². The number of nitrogens with two attached hydrogens (primary N) is 1. The van der Waals surface area contributed by atoms with E-state index in [0.29, 0.717) is 18.9 Å². The van der Waals surface area contributed by atoms with Gasteiger partial charge in [0.2, 0.25) is 5.91 Å². The fraction of sp³-hybridized carbons (Fsp3) is 0.923. The fourth-order valence-electron chi connectivity index (χ4n) is 3.21. The highest BCUT2D eigenvalue weighted by atomic mass is 16.3. The van der Waals surface area contributed by atoms with E-state index in [4.69, 9.17) is 5.73 Å². The number of piperidine rings is 1. The van der Waals surface area contributed by atoms with E-state index in [1.165, 1.54) is 6.42 Å². The van der Waals surface area contributed by atoms with Crippen LogP contribution in [0.1, 0.15) is 44.9 Å². The molecule has 0 aromatic heterocycles. The molecule has 4 heteroatoms. The average Bonchev–Trinajstić information content (AvgIpc) is 2.34. The second-order valence-corrected chi connectivity index (χ2v) is 5.53. The van der Waals surface area contributed by atoms with Gasteiger partial charge >= 0.3 is 0 Å². The van der Waals surface area contributed by atoms with Crippen LogP contribution in [0.4, 0.5) is 0 Å². The van der Waals surface area contributed by atoms with Gasteiger partial charge in [0, 0.05) is 25.4 Å². The van der Waals surface area contributed by atoms with Crippen LogP contribution in [0.3, 0.4) is 0 Å². The van der Waals surface area contributed by atoms with Gasteiger partial charge < -0.3 is 15.7 Å². The van der Waals surface area contributed by atoms with E-state index in [2.05, 4.69) is 0 Å². The largest absolute Gasteiger partial charge is 0.389 e. The predicted octanol–water partition coefficient (Wildman–Crippen LogP) is 0.879. The number of carbonyl (C=O) groups excluding carboxylic acids is 1. The predicted molar refractivity (Wildman–Crippen MR) is 66.4 cm³/mol. The average molecular weight is 240 g/mol. The summed E-state index contributed by atoms with van der Waals surface area (Å²) < 4.78 is 0. The maximum absolute atomic E-state index is 11.9. The zero-order valence-electron chi connectivity index (χ0n) is 10.5. The number of fused-ring (bicyclic) bond motifs is 1. The van der Waals surface area contributed by atoms with Crippen LogP contribution in [-0.2, 0) is 4.79 Å². The van der Waals surface area contributed by atoms with Crippen molar-refractivity contribution in [3.8, 4) is 0 Å². The zero-order valence-corrected chi connectivity index (χ0v) is 10.5. The number of nitrogens with zero attached hydrogens (tertiary/aromatic N) is 1. The molecule has 1 aliphatic carbocycles. The number of rotatable bonds is 3. The van der Waals surface area contributed by atoms with Crippen molar-refractivity contribution in [2.75, 3.05) is 19.6 Å². The smallest absolute Gasteiger partial charge is 0.222 e. The molecule has 1 saturated heterocycles. The normalized spacial score (nSPS) is 33.3. The molecular formula is C13H24N2O2. The van der Waals surface area contributed by atoms with Crippen LogP contribution < -0.4 is 5.73 Å². The Balaban J connectivity index is 1.90. The maximum Gasteiger partial charge on any atom is 0.222 e. The van der Waals surface area contributed by atoms with Crippen LogP contribution in [-0.4, -0.2) is 41.1 Å². The molecule has 2 fully saturated rings. The SMILES string of the molecule is NCCCC(=O)N1CCC2(O)CCCCC2C1. The minimum atomic E-state index is -0.483. The van der Waals surface area contributed by atoms with Crippen molar-refractivity contribution in [3.05, 3.63) is 0 Å². The van der Waals surface area contributed by atoms with Gasteiger partial charge in [0.05, 0.1) is 5.60 Å². The Kier molecular flexibility index (Phi) is 4.05. The highest BCUT2D eigenvalue weighted by Crippen LogP contribution is 2.39. The van der Waals surface area contributed by atoms with E-state index in [0.717, 1.165) is 45.2 Å². The van der Waals surface area contributed by atoms with Gasteiger partial charge in [-0.25, -0.2) is 0 Å². The molecule has 3 N–H and O–H groups in total. The topological polar surface area (TPSA) is 66.6 Å². The molecule has 0 aromatic rings. The number of carbonyl (C=O) groups is 1. The van der Waals surface area contributed by atoms with Gasteiger partial charge in [0.1, 0.15) is 0 Å². The number of amides is 1. The van der Waals surface area contributed by atoms with Crippen LogP contribution in [0.2, 0.25) is 0 Å². The van der Waals surface area contributed by atoms with Crippen molar-refractivity contribution in [1.29, 1.82) is 0 Å². The lowest BCUT2D eigenvalue weighted by Gasteiger charge is -2.47. The van der Waals surface area contributed by atoms with Crippen molar-refractivity contribution < 1.29 is 9.90 Å². The van der Waals surface area contributed by atoms with Crippen molar-refractivity contribution in [2.24, 2.45) is 11.7 Å². The Morgan fingerprint density at radius 2 is 2.24 bits per heavy atom. The summed E-state index contributed by atoms with van der Waals surface area (Å²) in [5.41, 5.74) is 4.94. The first kappa shape index (κ1) is 12.8. The Hall–Kier alpha value is -0.610. The number of hydrogen-bond acceptors (Lipinski definition) is 3. The Morgan fingerprint density at radius 3 is 3.00 bits per heavy atom. The molecule has 1 heterocycles. The van der Waals surface area contributed by atoms with E-state index in [-0.39, 0.29) is 5.91 Å². The highest BCUT2D eigenvalue weighted by Gasteiger charge is 2.43. The van der Waals surface area contributed by atoms with Crippen LogP contribution in [0, 0.1) is 5.92 Å². The second kappa shape index (κ2) is 5.36. The Morgan fingerprint density at radius 1 is 1.41 bits per heavy atom. The summed E-state index contributed by atoms with van der Waals surface area (Å²) in [6, 6.07) is 0. The van der Waals surface area contributed by atoms with Crippen molar-refractivity contribution in [2.45, 2.75) is 50.5 Å². The quantitative estimate of drug-likeness (QED) is 0.769. The number of likely N-dealkylation sites (tertiary alicyclic amines) is 1. The number of hydrogen-bond donors (Lipinski definition) is 2. The molecule has 2 unspecified atom stereocenters. The lowest BCUT2D eigenvalue weighted by molar-refractivity contribution is -0.143. The van der Waals surface area contributed by atoms with E-state index < -0.39 is 5.60 Å². The van der Waals surface area contributed by atoms with E-state index in [1.807, 2.05) is 4.90 Å². The Bertz CT molecular complexity index is 283. The van der Waals surface area contributed by atoms with Crippen LogP contribution in [0.25, 0.3) is 0 Å². The van der Waals surface area contributed by atoms with Crippen LogP contribution in [0.5, 0.6) is 0 Å². The van der Waals surface area contributed by atoms with Gasteiger partial charge in [-0.3, -0.25) is 4.79 Å². The van der Waals surface area contributed by atoms with E-state index in [1.54, 1.807) is 0 Å². The molecule has 4 nitrogen and oxygen atoms in total.